The molecule has 0 aromatic heterocycles. The van der Waals surface area contributed by atoms with Gasteiger partial charge in [-0.15, -0.1) is 0 Å². The van der Waals surface area contributed by atoms with Crippen LogP contribution in [0.1, 0.15) is 91.6 Å². The van der Waals surface area contributed by atoms with Gasteiger partial charge in [-0.1, -0.05) is 38.3 Å². The molecule has 2 aliphatic rings. The maximum Gasteiger partial charge on any atom is 0.255 e. The van der Waals surface area contributed by atoms with Crippen LogP contribution in [0.15, 0.2) is 42.5 Å². The number of hydrogen-bond acceptors (Lipinski definition) is 3. The summed E-state index contributed by atoms with van der Waals surface area (Å²) in [4.78, 5) is 15.5. The van der Waals surface area contributed by atoms with E-state index in [2.05, 4.69) is 35.3 Å². The summed E-state index contributed by atoms with van der Waals surface area (Å²) in [6, 6.07) is 14.3. The molecular weight excluding hydrogens is 396 g/mol. The Bertz CT molecular complexity index is 879. The fourth-order valence-corrected chi connectivity index (χ4v) is 5.46. The Labute approximate surface area is 193 Å². The molecule has 0 spiro atoms. The second kappa shape index (κ2) is 11.0. The molecule has 32 heavy (non-hydrogen) atoms. The van der Waals surface area contributed by atoms with Crippen LogP contribution in [0, 0.1) is 0 Å². The van der Waals surface area contributed by atoms with Crippen molar-refractivity contribution in [2.45, 2.75) is 70.1 Å². The maximum absolute atomic E-state index is 12.9. The van der Waals surface area contributed by atoms with Crippen molar-refractivity contribution in [1.82, 2.24) is 4.90 Å². The summed E-state index contributed by atoms with van der Waals surface area (Å²) in [6.45, 7) is 5.68. The number of hydrogen-bond donors (Lipinski definition) is 1. The van der Waals surface area contributed by atoms with Crippen molar-refractivity contribution in [2.24, 2.45) is 0 Å². The summed E-state index contributed by atoms with van der Waals surface area (Å²) in [7, 11) is 1.73. The Hall–Kier alpha value is -2.33. The predicted octanol–water partition coefficient (Wildman–Crippen LogP) is 6.58. The smallest absolute Gasteiger partial charge is 0.255 e. The topological polar surface area (TPSA) is 41.6 Å². The first-order valence-corrected chi connectivity index (χ1v) is 12.5. The highest BCUT2D eigenvalue weighted by Crippen LogP contribution is 2.36. The molecule has 2 aromatic carbocycles. The summed E-state index contributed by atoms with van der Waals surface area (Å²) < 4.78 is 5.66. The number of methoxy groups -OCH3 is 1. The van der Waals surface area contributed by atoms with Crippen LogP contribution in [0.25, 0.3) is 0 Å². The Balaban J connectivity index is 1.42. The van der Waals surface area contributed by atoms with Gasteiger partial charge in [0.2, 0.25) is 0 Å². The minimum Gasteiger partial charge on any atom is -0.496 e. The molecule has 1 aliphatic carbocycles. The van der Waals surface area contributed by atoms with E-state index in [0.717, 1.165) is 42.9 Å². The predicted molar refractivity (Wildman–Crippen MR) is 132 cm³/mol. The average molecular weight is 435 g/mol. The van der Waals surface area contributed by atoms with Crippen molar-refractivity contribution in [1.29, 1.82) is 0 Å². The molecule has 1 aliphatic heterocycles. The van der Waals surface area contributed by atoms with Crippen molar-refractivity contribution in [3.05, 3.63) is 59.2 Å². The van der Waals surface area contributed by atoms with E-state index >= 15 is 0 Å². The first kappa shape index (κ1) is 22.8. The van der Waals surface area contributed by atoms with Crippen molar-refractivity contribution in [3.63, 3.8) is 0 Å². The van der Waals surface area contributed by atoms with E-state index < -0.39 is 0 Å². The second-order valence-corrected chi connectivity index (χ2v) is 9.48. The van der Waals surface area contributed by atoms with Crippen molar-refractivity contribution < 1.29 is 9.53 Å². The summed E-state index contributed by atoms with van der Waals surface area (Å²) >= 11 is 0. The minimum atomic E-state index is -0.0472. The number of ether oxygens (including phenoxy) is 1. The van der Waals surface area contributed by atoms with E-state index in [0.29, 0.717) is 11.8 Å². The van der Waals surface area contributed by atoms with E-state index in [1.807, 2.05) is 24.3 Å². The number of piperidine rings is 1. The lowest BCUT2D eigenvalue weighted by molar-refractivity contribution is 0.102. The third kappa shape index (κ3) is 5.53. The normalized spacial score (nSPS) is 18.4. The van der Waals surface area contributed by atoms with Gasteiger partial charge in [0.15, 0.2) is 0 Å². The molecule has 2 fully saturated rings. The lowest BCUT2D eigenvalue weighted by atomic mass is 9.84. The van der Waals surface area contributed by atoms with Gasteiger partial charge in [0.25, 0.3) is 5.91 Å². The maximum atomic E-state index is 12.9. The molecule has 4 heteroatoms. The molecule has 0 radical (unpaired) electrons. The monoisotopic (exact) mass is 434 g/mol. The summed E-state index contributed by atoms with van der Waals surface area (Å²) in [6.07, 6.45) is 10.0. The highest BCUT2D eigenvalue weighted by atomic mass is 16.5. The standard InChI is InChI=1S/C28H38N2O2/c1-3-17-30-18-15-23(16-19-30)26-20-25(13-14-27(26)32-2)29-28(31)24-11-9-22(10-12-24)21-7-5-4-6-8-21/h9-14,20-21,23H,3-8,15-19H2,1-2H3,(H,29,31). The fourth-order valence-electron chi connectivity index (χ4n) is 5.46. The number of carbonyl (C=O) groups is 1. The number of benzene rings is 2. The lowest BCUT2D eigenvalue weighted by Crippen LogP contribution is -2.33. The molecule has 1 N–H and O–H groups in total. The van der Waals surface area contributed by atoms with E-state index in [4.69, 9.17) is 4.74 Å². The van der Waals surface area contributed by atoms with Crippen LogP contribution in [-0.4, -0.2) is 37.6 Å². The first-order chi connectivity index (χ1) is 15.7. The highest BCUT2D eigenvalue weighted by Gasteiger charge is 2.23. The van der Waals surface area contributed by atoms with Gasteiger partial charge in [-0.05, 0) is 105 Å². The van der Waals surface area contributed by atoms with Crippen LogP contribution in [0.2, 0.25) is 0 Å². The van der Waals surface area contributed by atoms with Gasteiger partial charge in [-0.25, -0.2) is 0 Å². The molecule has 0 unspecified atom stereocenters. The largest absolute Gasteiger partial charge is 0.496 e. The lowest BCUT2D eigenvalue weighted by Gasteiger charge is -2.32. The third-order valence-corrected chi connectivity index (χ3v) is 7.30. The van der Waals surface area contributed by atoms with Crippen molar-refractivity contribution >= 4 is 11.6 Å². The zero-order valence-electron chi connectivity index (χ0n) is 19.7. The van der Waals surface area contributed by atoms with Crippen LogP contribution >= 0.6 is 0 Å². The molecule has 1 heterocycles. The molecule has 4 nitrogen and oxygen atoms in total. The molecule has 172 valence electrons. The Morgan fingerprint density at radius 1 is 0.969 bits per heavy atom. The number of rotatable bonds is 7. The second-order valence-electron chi connectivity index (χ2n) is 9.48. The van der Waals surface area contributed by atoms with Gasteiger partial charge in [-0.2, -0.15) is 0 Å². The number of nitrogens with zero attached hydrogens (tertiary/aromatic N) is 1. The quantitative estimate of drug-likeness (QED) is 0.535. The summed E-state index contributed by atoms with van der Waals surface area (Å²) in [5.41, 5.74) is 4.16. The number of carbonyl (C=O) groups excluding carboxylic acids is 1. The molecule has 2 aromatic rings. The average Bonchev–Trinajstić information content (AvgIpc) is 2.85. The number of anilines is 1. The molecule has 4 rings (SSSR count). The van der Waals surface area contributed by atoms with Crippen LogP contribution in [-0.2, 0) is 0 Å². The first-order valence-electron chi connectivity index (χ1n) is 12.5. The van der Waals surface area contributed by atoms with Crippen molar-refractivity contribution in [2.75, 3.05) is 32.1 Å². The Morgan fingerprint density at radius 3 is 2.34 bits per heavy atom. The van der Waals surface area contributed by atoms with Crippen LogP contribution in [0.3, 0.4) is 0 Å². The van der Waals surface area contributed by atoms with Crippen molar-refractivity contribution in [3.8, 4) is 5.75 Å². The van der Waals surface area contributed by atoms with Gasteiger partial charge < -0.3 is 15.0 Å². The van der Waals surface area contributed by atoms with Gasteiger partial charge in [-0.3, -0.25) is 4.79 Å². The third-order valence-electron chi connectivity index (χ3n) is 7.30. The summed E-state index contributed by atoms with van der Waals surface area (Å²) in [5.74, 6) is 2.02. The number of nitrogens with one attached hydrogen (secondary N) is 1. The summed E-state index contributed by atoms with van der Waals surface area (Å²) in [5, 5.41) is 3.11. The van der Waals surface area contributed by atoms with Gasteiger partial charge in [0.05, 0.1) is 7.11 Å². The molecular formula is C28H38N2O2. The zero-order valence-corrected chi connectivity index (χ0v) is 19.7. The number of amides is 1. The van der Waals surface area contributed by atoms with E-state index in [1.54, 1.807) is 7.11 Å². The molecule has 0 bridgehead atoms. The molecule has 1 amide bonds. The van der Waals surface area contributed by atoms with Gasteiger partial charge in [0.1, 0.15) is 5.75 Å². The molecule has 1 saturated carbocycles. The molecule has 1 saturated heterocycles. The van der Waals surface area contributed by atoms with Crippen LogP contribution in [0.5, 0.6) is 5.75 Å². The fraction of sp³-hybridized carbons (Fsp3) is 0.536. The van der Waals surface area contributed by atoms with E-state index in [9.17, 15) is 4.79 Å². The van der Waals surface area contributed by atoms with Crippen LogP contribution < -0.4 is 10.1 Å². The van der Waals surface area contributed by atoms with Gasteiger partial charge >= 0.3 is 0 Å². The Kier molecular flexibility index (Phi) is 7.85. The van der Waals surface area contributed by atoms with Crippen LogP contribution in [0.4, 0.5) is 5.69 Å². The van der Waals surface area contributed by atoms with E-state index in [1.165, 1.54) is 56.2 Å². The Morgan fingerprint density at radius 2 is 1.69 bits per heavy atom. The highest BCUT2D eigenvalue weighted by molar-refractivity contribution is 6.04. The zero-order chi connectivity index (χ0) is 22.3. The van der Waals surface area contributed by atoms with Gasteiger partial charge in [0, 0.05) is 11.3 Å². The van der Waals surface area contributed by atoms with E-state index in [-0.39, 0.29) is 5.91 Å². The minimum absolute atomic E-state index is 0.0472. The molecule has 0 atom stereocenters. The SMILES string of the molecule is CCCN1CCC(c2cc(NC(=O)c3ccc(C4CCCCC4)cc3)ccc2OC)CC1. The number of likely N-dealkylation sites (tertiary alicyclic amines) is 1.